The molecule has 0 aliphatic heterocycles. The van der Waals surface area contributed by atoms with Gasteiger partial charge in [0.2, 0.25) is 5.91 Å². The lowest BCUT2D eigenvalue weighted by atomic mass is 10.1. The fraction of sp³-hybridized carbons (Fsp3) is 0.520. The van der Waals surface area contributed by atoms with E-state index in [-0.39, 0.29) is 41.3 Å². The smallest absolute Gasteiger partial charge is 0.405 e. The molecule has 13 heteroatoms. The van der Waals surface area contributed by atoms with Crippen LogP contribution in [0.15, 0.2) is 45.2 Å². The third kappa shape index (κ3) is 8.47. The molecule has 1 amide bonds. The number of aromatic nitrogens is 2. The van der Waals surface area contributed by atoms with Gasteiger partial charge in [-0.1, -0.05) is 37.2 Å². The molecule has 0 aliphatic carbocycles. The highest BCUT2D eigenvalue weighted by Crippen LogP contribution is 2.30. The van der Waals surface area contributed by atoms with E-state index in [0.29, 0.717) is 0 Å². The molecule has 1 heterocycles. The molecule has 2 N–H and O–H groups in total. The fourth-order valence-electron chi connectivity index (χ4n) is 3.41. The Morgan fingerprint density at radius 1 is 1.11 bits per heavy atom. The van der Waals surface area contributed by atoms with Gasteiger partial charge in [0.05, 0.1) is 24.4 Å². The molecule has 2 rings (SSSR count). The Labute approximate surface area is 217 Å². The largest absolute Gasteiger partial charge is 0.573 e. The Morgan fingerprint density at radius 2 is 1.74 bits per heavy atom. The number of aliphatic hydroxyl groups is 1. The van der Waals surface area contributed by atoms with E-state index < -0.39 is 42.1 Å². The number of carbonyl (C=O) groups excluding carboxylic acids is 1. The number of para-hydroxylation sites is 1. The Hall–Kier alpha value is -3.61. The van der Waals surface area contributed by atoms with Crippen LogP contribution in [0.4, 0.5) is 13.2 Å². The topological polar surface area (TPSA) is 124 Å². The van der Waals surface area contributed by atoms with Crippen molar-refractivity contribution >= 4 is 11.6 Å². The molecule has 0 saturated heterocycles. The second-order valence-corrected chi connectivity index (χ2v) is 9.39. The summed E-state index contributed by atoms with van der Waals surface area (Å²) in [5.74, 6) is -1.22. The number of amides is 1. The third-order valence-corrected chi connectivity index (χ3v) is 5.27. The number of alkyl halides is 3. The summed E-state index contributed by atoms with van der Waals surface area (Å²) in [6, 6.07) is 4.38. The van der Waals surface area contributed by atoms with Crippen LogP contribution in [-0.4, -0.2) is 44.4 Å². The zero-order chi connectivity index (χ0) is 28.8. The molecular formula is C25H33F3N4O6. The van der Waals surface area contributed by atoms with Gasteiger partial charge in [-0.15, -0.1) is 13.2 Å². The Kier molecular flexibility index (Phi) is 10.3. The summed E-state index contributed by atoms with van der Waals surface area (Å²) in [5, 5.41) is 17.4. The molecule has 38 heavy (non-hydrogen) atoms. The lowest BCUT2D eigenvalue weighted by molar-refractivity contribution is -0.275. The van der Waals surface area contributed by atoms with E-state index in [4.69, 9.17) is 4.84 Å². The lowest BCUT2D eigenvalue weighted by Gasteiger charge is -2.21. The SMILES string of the molecule is C/C(=N\OC(C)C)c1cn(CC(O)c2ccccc2OC(F)(F)F)c(=O)n(C[C@H](C)NC(=O)C(C)C)c1=O. The zero-order valence-corrected chi connectivity index (χ0v) is 22.1. The van der Waals surface area contributed by atoms with E-state index in [0.717, 1.165) is 21.4 Å². The summed E-state index contributed by atoms with van der Waals surface area (Å²) in [6.07, 6.45) is -5.73. The van der Waals surface area contributed by atoms with E-state index in [2.05, 4.69) is 15.2 Å². The van der Waals surface area contributed by atoms with Gasteiger partial charge in [0.15, 0.2) is 0 Å². The van der Waals surface area contributed by atoms with Crippen molar-refractivity contribution in [3.05, 3.63) is 62.4 Å². The van der Waals surface area contributed by atoms with Gasteiger partial charge in [-0.2, -0.15) is 0 Å². The van der Waals surface area contributed by atoms with E-state index in [1.807, 2.05) is 0 Å². The maximum atomic E-state index is 13.3. The highest BCUT2D eigenvalue weighted by Gasteiger charge is 2.33. The van der Waals surface area contributed by atoms with Gasteiger partial charge in [0, 0.05) is 23.7 Å². The normalized spacial score (nSPS) is 13.9. The molecule has 210 valence electrons. The van der Waals surface area contributed by atoms with E-state index >= 15 is 0 Å². The molecule has 0 fully saturated rings. The van der Waals surface area contributed by atoms with Gasteiger partial charge in [0.1, 0.15) is 18.0 Å². The standard InChI is InChI=1S/C25H33F3N4O6/c1-14(2)22(34)29-16(5)11-32-23(35)19(17(6)30-38-15(3)4)12-31(24(32)36)13-20(33)18-9-7-8-10-21(18)37-25(26,27)28/h7-10,12,14-16,20,33H,11,13H2,1-6H3,(H,29,34)/b30-17+/t16-,20?/m0/s1. The van der Waals surface area contributed by atoms with Gasteiger partial charge < -0.3 is 20.0 Å². The first-order valence-electron chi connectivity index (χ1n) is 12.0. The molecule has 0 bridgehead atoms. The number of nitrogens with zero attached hydrogens (tertiary/aromatic N) is 3. The molecule has 0 saturated carbocycles. The second kappa shape index (κ2) is 12.8. The highest BCUT2D eigenvalue weighted by atomic mass is 19.4. The molecule has 10 nitrogen and oxygen atoms in total. The monoisotopic (exact) mass is 542 g/mol. The van der Waals surface area contributed by atoms with Crippen molar-refractivity contribution in [2.24, 2.45) is 11.1 Å². The molecule has 1 aromatic carbocycles. The van der Waals surface area contributed by atoms with Crippen LogP contribution in [0.3, 0.4) is 0 Å². The molecule has 0 radical (unpaired) electrons. The first-order chi connectivity index (χ1) is 17.6. The average molecular weight is 543 g/mol. The van der Waals surface area contributed by atoms with Crippen LogP contribution < -0.4 is 21.3 Å². The van der Waals surface area contributed by atoms with Gasteiger partial charge >= 0.3 is 12.1 Å². The third-order valence-electron chi connectivity index (χ3n) is 5.27. The maximum Gasteiger partial charge on any atom is 0.573 e. The molecular weight excluding hydrogens is 509 g/mol. The number of hydrogen-bond donors (Lipinski definition) is 2. The van der Waals surface area contributed by atoms with Crippen molar-refractivity contribution in [3.63, 3.8) is 0 Å². The lowest BCUT2D eigenvalue weighted by Crippen LogP contribution is -2.48. The average Bonchev–Trinajstić information content (AvgIpc) is 2.81. The van der Waals surface area contributed by atoms with Crippen molar-refractivity contribution < 1.29 is 32.6 Å². The predicted molar refractivity (Wildman–Crippen MR) is 134 cm³/mol. The summed E-state index contributed by atoms with van der Waals surface area (Å²) in [5.41, 5.74) is -1.64. The molecule has 2 atom stereocenters. The number of oxime groups is 1. The Bertz CT molecular complexity index is 1270. The number of carbonyl (C=O) groups is 1. The van der Waals surface area contributed by atoms with Crippen LogP contribution in [0.25, 0.3) is 0 Å². The number of halogens is 3. The van der Waals surface area contributed by atoms with Crippen molar-refractivity contribution in [2.75, 3.05) is 0 Å². The van der Waals surface area contributed by atoms with Crippen molar-refractivity contribution in [1.82, 2.24) is 14.5 Å². The minimum Gasteiger partial charge on any atom is -0.405 e. The number of ether oxygens (including phenoxy) is 1. The minimum atomic E-state index is -4.99. The number of hydrogen-bond acceptors (Lipinski definition) is 7. The molecule has 2 aromatic rings. The van der Waals surface area contributed by atoms with Gasteiger partial charge in [-0.3, -0.25) is 18.7 Å². The van der Waals surface area contributed by atoms with Crippen LogP contribution >= 0.6 is 0 Å². The molecule has 0 aliphatic rings. The number of nitrogens with one attached hydrogen (secondary N) is 1. The van der Waals surface area contributed by atoms with Crippen molar-refractivity contribution in [2.45, 2.75) is 79.2 Å². The van der Waals surface area contributed by atoms with E-state index in [1.54, 1.807) is 34.6 Å². The van der Waals surface area contributed by atoms with Crippen LogP contribution in [0.5, 0.6) is 5.75 Å². The van der Waals surface area contributed by atoms with E-state index in [9.17, 15) is 32.7 Å². The van der Waals surface area contributed by atoms with Crippen LogP contribution in [0, 0.1) is 5.92 Å². The van der Waals surface area contributed by atoms with Crippen LogP contribution in [-0.2, 0) is 22.7 Å². The Morgan fingerprint density at radius 3 is 2.32 bits per heavy atom. The van der Waals surface area contributed by atoms with Gasteiger partial charge in [0.25, 0.3) is 5.56 Å². The number of benzene rings is 1. The summed E-state index contributed by atoms with van der Waals surface area (Å²) in [4.78, 5) is 43.8. The first kappa shape index (κ1) is 30.6. The quantitative estimate of drug-likeness (QED) is 0.332. The van der Waals surface area contributed by atoms with Crippen molar-refractivity contribution in [3.8, 4) is 5.75 Å². The van der Waals surface area contributed by atoms with Crippen LogP contribution in [0.1, 0.15) is 58.8 Å². The first-order valence-corrected chi connectivity index (χ1v) is 12.0. The van der Waals surface area contributed by atoms with Gasteiger partial charge in [-0.25, -0.2) is 4.79 Å². The summed E-state index contributed by atoms with van der Waals surface area (Å²) in [7, 11) is 0. The predicted octanol–water partition coefficient (Wildman–Crippen LogP) is 2.95. The molecule has 0 spiro atoms. The zero-order valence-electron chi connectivity index (χ0n) is 22.1. The fourth-order valence-corrected chi connectivity index (χ4v) is 3.41. The van der Waals surface area contributed by atoms with Gasteiger partial charge in [-0.05, 0) is 33.8 Å². The van der Waals surface area contributed by atoms with Crippen LogP contribution in [0.2, 0.25) is 0 Å². The highest BCUT2D eigenvalue weighted by molar-refractivity contribution is 5.97. The number of rotatable bonds is 11. The van der Waals surface area contributed by atoms with E-state index in [1.165, 1.54) is 25.1 Å². The summed E-state index contributed by atoms with van der Waals surface area (Å²) >= 11 is 0. The molecule has 1 aromatic heterocycles. The maximum absolute atomic E-state index is 13.3. The van der Waals surface area contributed by atoms with Crippen molar-refractivity contribution in [1.29, 1.82) is 0 Å². The summed E-state index contributed by atoms with van der Waals surface area (Å²) in [6.45, 7) is 9.24. The minimum absolute atomic E-state index is 0.0281. The second-order valence-electron chi connectivity index (χ2n) is 9.39. The number of aliphatic hydroxyl groups excluding tert-OH is 1. The Balaban J connectivity index is 2.56. The summed E-state index contributed by atoms with van der Waals surface area (Å²) < 4.78 is 44.4. The molecule has 1 unspecified atom stereocenters.